The van der Waals surface area contributed by atoms with E-state index in [9.17, 15) is 19.2 Å². The average molecular weight is 363 g/mol. The molecule has 0 aliphatic rings. The van der Waals surface area contributed by atoms with E-state index < -0.39 is 30.6 Å². The van der Waals surface area contributed by atoms with Crippen LogP contribution in [-0.2, 0) is 19.1 Å². The van der Waals surface area contributed by atoms with E-state index in [1.807, 2.05) is 13.0 Å². The number of hydrogen-bond donors (Lipinski definition) is 3. The van der Waals surface area contributed by atoms with Gasteiger partial charge in [-0.3, -0.25) is 19.7 Å². The number of benzene rings is 1. The van der Waals surface area contributed by atoms with Crippen LogP contribution in [0.1, 0.15) is 45.2 Å². The quantitative estimate of drug-likeness (QED) is 0.605. The van der Waals surface area contributed by atoms with Crippen molar-refractivity contribution in [2.75, 3.05) is 6.61 Å². The number of nitrogens with one attached hydrogen (secondary N) is 3. The second-order valence-electron chi connectivity index (χ2n) is 5.86. The Hall–Kier alpha value is -2.90. The van der Waals surface area contributed by atoms with Crippen LogP contribution < -0.4 is 16.0 Å². The van der Waals surface area contributed by atoms with Gasteiger partial charge in [0.2, 0.25) is 5.91 Å². The van der Waals surface area contributed by atoms with Gasteiger partial charge in [0.1, 0.15) is 0 Å². The molecule has 0 saturated carbocycles. The number of carbonyl (C=O) groups is 4. The molecule has 0 aliphatic carbocycles. The van der Waals surface area contributed by atoms with Gasteiger partial charge in [-0.25, -0.2) is 4.79 Å². The Kier molecular flexibility index (Phi) is 8.83. The van der Waals surface area contributed by atoms with Crippen LogP contribution in [0.15, 0.2) is 30.3 Å². The summed E-state index contributed by atoms with van der Waals surface area (Å²) >= 11 is 0. The highest BCUT2D eigenvalue weighted by Crippen LogP contribution is 2.17. The molecule has 1 aromatic rings. The lowest BCUT2D eigenvalue weighted by atomic mass is 10.0. The van der Waals surface area contributed by atoms with Gasteiger partial charge in [-0.1, -0.05) is 37.3 Å². The molecular formula is C18H25N3O5. The lowest BCUT2D eigenvalue weighted by Gasteiger charge is -2.17. The highest BCUT2D eigenvalue weighted by atomic mass is 16.5. The molecule has 1 aromatic carbocycles. The fourth-order valence-corrected chi connectivity index (χ4v) is 2.08. The van der Waals surface area contributed by atoms with Crippen molar-refractivity contribution in [3.8, 4) is 0 Å². The first-order chi connectivity index (χ1) is 12.3. The summed E-state index contributed by atoms with van der Waals surface area (Å²) < 4.78 is 4.89. The number of imide groups is 1. The van der Waals surface area contributed by atoms with E-state index in [1.54, 1.807) is 31.2 Å². The van der Waals surface area contributed by atoms with Crippen LogP contribution >= 0.6 is 0 Å². The third kappa shape index (κ3) is 8.27. The van der Waals surface area contributed by atoms with Gasteiger partial charge in [0.25, 0.3) is 5.91 Å². The number of ether oxygens (including phenoxy) is 1. The molecule has 0 bridgehead atoms. The summed E-state index contributed by atoms with van der Waals surface area (Å²) in [6, 6.07) is 7.69. The van der Waals surface area contributed by atoms with E-state index in [0.717, 1.165) is 12.0 Å². The molecule has 0 spiro atoms. The van der Waals surface area contributed by atoms with Crippen molar-refractivity contribution in [3.63, 3.8) is 0 Å². The van der Waals surface area contributed by atoms with Gasteiger partial charge in [0.05, 0.1) is 12.5 Å². The predicted octanol–water partition coefficient (Wildman–Crippen LogP) is 1.42. The second-order valence-corrected chi connectivity index (χ2v) is 5.86. The molecule has 8 heteroatoms. The smallest absolute Gasteiger partial charge is 0.321 e. The number of urea groups is 1. The zero-order valence-electron chi connectivity index (χ0n) is 15.2. The lowest BCUT2D eigenvalue weighted by Crippen LogP contribution is -2.44. The Morgan fingerprint density at radius 3 is 2.31 bits per heavy atom. The average Bonchev–Trinajstić information content (AvgIpc) is 2.59. The summed E-state index contributed by atoms with van der Waals surface area (Å²) in [5.74, 6) is -1.67. The van der Waals surface area contributed by atoms with Crippen molar-refractivity contribution in [1.29, 1.82) is 0 Å². The van der Waals surface area contributed by atoms with Crippen LogP contribution in [0.2, 0.25) is 0 Å². The molecular weight excluding hydrogens is 338 g/mol. The normalized spacial score (nSPS) is 12.4. The van der Waals surface area contributed by atoms with Crippen molar-refractivity contribution in [1.82, 2.24) is 16.0 Å². The number of amides is 4. The van der Waals surface area contributed by atoms with Crippen molar-refractivity contribution in [2.24, 2.45) is 0 Å². The molecule has 0 aromatic heterocycles. The maximum Gasteiger partial charge on any atom is 0.321 e. The Labute approximate surface area is 152 Å². The third-order valence-electron chi connectivity index (χ3n) is 3.56. The van der Waals surface area contributed by atoms with Gasteiger partial charge >= 0.3 is 12.0 Å². The van der Waals surface area contributed by atoms with Crippen molar-refractivity contribution < 1.29 is 23.9 Å². The fourth-order valence-electron chi connectivity index (χ4n) is 2.08. The minimum atomic E-state index is -0.727. The van der Waals surface area contributed by atoms with Crippen molar-refractivity contribution >= 4 is 23.8 Å². The largest absolute Gasteiger partial charge is 0.455 e. The Bertz CT molecular complexity index is 633. The van der Waals surface area contributed by atoms with E-state index in [2.05, 4.69) is 16.0 Å². The fraction of sp³-hybridized carbons (Fsp3) is 0.444. The number of carbonyl (C=O) groups excluding carboxylic acids is 4. The highest BCUT2D eigenvalue weighted by Gasteiger charge is 2.19. The number of esters is 1. The van der Waals surface area contributed by atoms with Crippen molar-refractivity contribution in [2.45, 2.75) is 45.7 Å². The molecule has 0 heterocycles. The first-order valence-electron chi connectivity index (χ1n) is 8.39. The molecule has 0 radical (unpaired) electrons. The van der Waals surface area contributed by atoms with Gasteiger partial charge in [0, 0.05) is 13.0 Å². The van der Waals surface area contributed by atoms with E-state index in [4.69, 9.17) is 4.74 Å². The van der Waals surface area contributed by atoms with Crippen molar-refractivity contribution in [3.05, 3.63) is 35.9 Å². The molecule has 0 aliphatic heterocycles. The molecule has 4 amide bonds. The minimum Gasteiger partial charge on any atom is -0.455 e. The monoisotopic (exact) mass is 363 g/mol. The molecule has 1 rings (SSSR count). The molecule has 142 valence electrons. The van der Waals surface area contributed by atoms with Crippen LogP contribution in [0.3, 0.4) is 0 Å². The van der Waals surface area contributed by atoms with E-state index in [-0.39, 0.29) is 18.4 Å². The van der Waals surface area contributed by atoms with Gasteiger partial charge in [-0.05, 0) is 18.9 Å². The Balaban J connectivity index is 2.49. The first-order valence-corrected chi connectivity index (χ1v) is 8.39. The zero-order valence-corrected chi connectivity index (χ0v) is 15.2. The van der Waals surface area contributed by atoms with Gasteiger partial charge in [-0.2, -0.15) is 0 Å². The van der Waals surface area contributed by atoms with Gasteiger partial charge in [-0.15, -0.1) is 0 Å². The van der Waals surface area contributed by atoms with E-state index >= 15 is 0 Å². The van der Waals surface area contributed by atoms with E-state index in [1.165, 1.54) is 6.92 Å². The summed E-state index contributed by atoms with van der Waals surface area (Å²) in [6.07, 6.45) is 0.594. The summed E-state index contributed by atoms with van der Waals surface area (Å²) in [6.45, 7) is 4.47. The summed E-state index contributed by atoms with van der Waals surface area (Å²) in [4.78, 5) is 46.5. The summed E-state index contributed by atoms with van der Waals surface area (Å²) in [7, 11) is 0. The SMILES string of the molecule is CC[C@H](C)NC(=O)NC(=O)COC(=O)C[C@H](NC(C)=O)c1ccccc1. The van der Waals surface area contributed by atoms with Crippen LogP contribution in [0.25, 0.3) is 0 Å². The Morgan fingerprint density at radius 1 is 1.08 bits per heavy atom. The molecule has 2 atom stereocenters. The molecule has 0 saturated heterocycles. The molecule has 26 heavy (non-hydrogen) atoms. The molecule has 0 unspecified atom stereocenters. The zero-order chi connectivity index (χ0) is 19.5. The standard InChI is InChI=1S/C18H25N3O5/c1-4-12(2)19-18(25)21-16(23)11-26-17(24)10-15(20-13(3)22)14-8-6-5-7-9-14/h5-9,12,15H,4,10-11H2,1-3H3,(H,20,22)(H2,19,21,23,25)/t12-,15-/m0/s1. The molecule has 3 N–H and O–H groups in total. The molecule has 0 fully saturated rings. The topological polar surface area (TPSA) is 114 Å². The van der Waals surface area contributed by atoms with E-state index in [0.29, 0.717) is 0 Å². The summed E-state index contributed by atoms with van der Waals surface area (Å²) in [5, 5.41) is 7.32. The Morgan fingerprint density at radius 2 is 1.73 bits per heavy atom. The van der Waals surface area contributed by atoms with Crippen LogP contribution in [0.4, 0.5) is 4.79 Å². The number of rotatable bonds is 8. The predicted molar refractivity (Wildman–Crippen MR) is 95.0 cm³/mol. The summed E-state index contributed by atoms with van der Waals surface area (Å²) in [5.41, 5.74) is 0.747. The maximum atomic E-state index is 12.0. The molecule has 8 nitrogen and oxygen atoms in total. The number of hydrogen-bond acceptors (Lipinski definition) is 5. The second kappa shape index (κ2) is 10.9. The van der Waals surface area contributed by atoms with Crippen LogP contribution in [-0.4, -0.2) is 36.5 Å². The minimum absolute atomic E-state index is 0.0744. The maximum absolute atomic E-state index is 12.0. The van der Waals surface area contributed by atoms with Gasteiger partial charge in [0.15, 0.2) is 6.61 Å². The first kappa shape index (κ1) is 21.1. The van der Waals surface area contributed by atoms with Crippen LogP contribution in [0.5, 0.6) is 0 Å². The van der Waals surface area contributed by atoms with Crippen LogP contribution in [0, 0.1) is 0 Å². The van der Waals surface area contributed by atoms with Gasteiger partial charge < -0.3 is 15.4 Å². The highest BCUT2D eigenvalue weighted by molar-refractivity contribution is 5.95. The third-order valence-corrected chi connectivity index (χ3v) is 3.56. The lowest BCUT2D eigenvalue weighted by molar-refractivity contribution is -0.148.